The van der Waals surface area contributed by atoms with E-state index in [0.717, 1.165) is 13.1 Å². The van der Waals surface area contributed by atoms with Crippen molar-refractivity contribution in [3.05, 3.63) is 29.3 Å². The molecule has 1 saturated heterocycles. The minimum atomic E-state index is 0.712. The predicted octanol–water partition coefficient (Wildman–Crippen LogP) is 2.14. The van der Waals surface area contributed by atoms with Gasteiger partial charge in [-0.3, -0.25) is 0 Å². The molecule has 0 aliphatic carbocycles. The summed E-state index contributed by atoms with van der Waals surface area (Å²) in [6, 6.07) is 6.86. The molecule has 2 heteroatoms. The van der Waals surface area contributed by atoms with Gasteiger partial charge in [0.05, 0.1) is 0 Å². The summed E-state index contributed by atoms with van der Waals surface area (Å²) >= 11 is 0. The lowest BCUT2D eigenvalue weighted by atomic mass is 9.96. The number of rotatable bonds is 2. The predicted molar refractivity (Wildman–Crippen MR) is 65.7 cm³/mol. The summed E-state index contributed by atoms with van der Waals surface area (Å²) in [5, 5.41) is 3.42. The smallest absolute Gasteiger partial charge is 0.0393 e. The van der Waals surface area contributed by atoms with Crippen LogP contribution in [0.3, 0.4) is 0 Å². The summed E-state index contributed by atoms with van der Waals surface area (Å²) in [7, 11) is 4.22. The number of anilines is 1. The fraction of sp³-hybridized carbons (Fsp3) is 0.538. The summed E-state index contributed by atoms with van der Waals surface area (Å²) in [6.07, 6.45) is 1.27. The normalized spacial score (nSPS) is 20.6. The molecule has 1 aromatic rings. The molecule has 1 aliphatic heterocycles. The third-order valence-corrected chi connectivity index (χ3v) is 3.25. The van der Waals surface area contributed by atoms with Gasteiger partial charge in [0, 0.05) is 26.3 Å². The van der Waals surface area contributed by atoms with Crippen LogP contribution in [0.5, 0.6) is 0 Å². The van der Waals surface area contributed by atoms with Crippen molar-refractivity contribution in [3.8, 4) is 0 Å². The van der Waals surface area contributed by atoms with Crippen LogP contribution in [-0.2, 0) is 0 Å². The van der Waals surface area contributed by atoms with Crippen LogP contribution in [-0.4, -0.2) is 27.2 Å². The van der Waals surface area contributed by atoms with Gasteiger partial charge in [0.2, 0.25) is 0 Å². The quantitative estimate of drug-likeness (QED) is 0.794. The second kappa shape index (κ2) is 4.23. The molecule has 0 bridgehead atoms. The first-order chi connectivity index (χ1) is 7.18. The van der Waals surface area contributed by atoms with Crippen LogP contribution in [0.25, 0.3) is 0 Å². The second-order valence-electron chi connectivity index (χ2n) is 4.63. The van der Waals surface area contributed by atoms with E-state index in [1.807, 2.05) is 0 Å². The maximum atomic E-state index is 3.42. The number of benzene rings is 1. The lowest BCUT2D eigenvalue weighted by Crippen LogP contribution is -2.12. The van der Waals surface area contributed by atoms with E-state index < -0.39 is 0 Å². The topological polar surface area (TPSA) is 15.3 Å². The van der Waals surface area contributed by atoms with Gasteiger partial charge in [-0.1, -0.05) is 12.1 Å². The zero-order valence-electron chi connectivity index (χ0n) is 9.88. The first kappa shape index (κ1) is 10.5. The molecule has 1 unspecified atom stereocenters. The minimum Gasteiger partial charge on any atom is -0.377 e. The highest BCUT2D eigenvalue weighted by molar-refractivity contribution is 5.54. The SMILES string of the molecule is Cc1ccc(C2CCNC2)cc1N(C)C. The van der Waals surface area contributed by atoms with Crippen LogP contribution in [0.2, 0.25) is 0 Å². The molecule has 0 spiro atoms. The van der Waals surface area contributed by atoms with E-state index in [4.69, 9.17) is 0 Å². The van der Waals surface area contributed by atoms with Crippen molar-refractivity contribution in [3.63, 3.8) is 0 Å². The summed E-state index contributed by atoms with van der Waals surface area (Å²) in [4.78, 5) is 2.20. The monoisotopic (exact) mass is 204 g/mol. The average Bonchev–Trinajstić information content (AvgIpc) is 2.71. The Bertz CT molecular complexity index is 338. The van der Waals surface area contributed by atoms with Crippen molar-refractivity contribution in [2.24, 2.45) is 0 Å². The van der Waals surface area contributed by atoms with E-state index in [1.165, 1.54) is 23.2 Å². The molecule has 1 aromatic carbocycles. The molecule has 1 aliphatic rings. The van der Waals surface area contributed by atoms with Gasteiger partial charge in [-0.05, 0) is 43.0 Å². The molecule has 0 saturated carbocycles. The third kappa shape index (κ3) is 2.15. The van der Waals surface area contributed by atoms with E-state index >= 15 is 0 Å². The highest BCUT2D eigenvalue weighted by Gasteiger charge is 2.17. The van der Waals surface area contributed by atoms with Crippen molar-refractivity contribution in [2.45, 2.75) is 19.3 Å². The van der Waals surface area contributed by atoms with Gasteiger partial charge in [0.25, 0.3) is 0 Å². The average molecular weight is 204 g/mol. The van der Waals surface area contributed by atoms with E-state index in [9.17, 15) is 0 Å². The summed E-state index contributed by atoms with van der Waals surface area (Å²) < 4.78 is 0. The molecule has 15 heavy (non-hydrogen) atoms. The van der Waals surface area contributed by atoms with Crippen molar-refractivity contribution in [2.75, 3.05) is 32.1 Å². The molecule has 2 nitrogen and oxygen atoms in total. The molecule has 0 aromatic heterocycles. The highest BCUT2D eigenvalue weighted by atomic mass is 15.1. The fourth-order valence-corrected chi connectivity index (χ4v) is 2.30. The van der Waals surface area contributed by atoms with E-state index in [2.05, 4.69) is 49.4 Å². The molecule has 1 N–H and O–H groups in total. The Labute approximate surface area is 92.3 Å². The van der Waals surface area contributed by atoms with Gasteiger partial charge in [-0.15, -0.1) is 0 Å². The Morgan fingerprint density at radius 2 is 2.13 bits per heavy atom. The Kier molecular flexibility index (Phi) is 2.96. The Morgan fingerprint density at radius 3 is 2.73 bits per heavy atom. The van der Waals surface area contributed by atoms with Gasteiger partial charge >= 0.3 is 0 Å². The molecular weight excluding hydrogens is 184 g/mol. The maximum absolute atomic E-state index is 3.42. The summed E-state index contributed by atoms with van der Waals surface area (Å²) in [5.74, 6) is 0.712. The highest BCUT2D eigenvalue weighted by Crippen LogP contribution is 2.27. The lowest BCUT2D eigenvalue weighted by Gasteiger charge is -2.18. The number of hydrogen-bond acceptors (Lipinski definition) is 2. The standard InChI is InChI=1S/C13H20N2/c1-10-4-5-11(8-13(10)15(2)3)12-6-7-14-9-12/h4-5,8,12,14H,6-7,9H2,1-3H3. The van der Waals surface area contributed by atoms with Gasteiger partial charge in [-0.25, -0.2) is 0 Å². The number of aryl methyl sites for hydroxylation is 1. The minimum absolute atomic E-state index is 0.712. The molecule has 2 rings (SSSR count). The van der Waals surface area contributed by atoms with Crippen LogP contribution in [0.15, 0.2) is 18.2 Å². The van der Waals surface area contributed by atoms with Gasteiger partial charge in [-0.2, -0.15) is 0 Å². The molecule has 1 atom stereocenters. The van der Waals surface area contributed by atoms with Crippen molar-refractivity contribution < 1.29 is 0 Å². The van der Waals surface area contributed by atoms with Crippen molar-refractivity contribution in [1.82, 2.24) is 5.32 Å². The second-order valence-corrected chi connectivity index (χ2v) is 4.63. The van der Waals surface area contributed by atoms with Gasteiger partial charge < -0.3 is 10.2 Å². The number of hydrogen-bond donors (Lipinski definition) is 1. The van der Waals surface area contributed by atoms with Crippen molar-refractivity contribution in [1.29, 1.82) is 0 Å². The van der Waals surface area contributed by atoms with Crippen LogP contribution < -0.4 is 10.2 Å². The van der Waals surface area contributed by atoms with E-state index in [-0.39, 0.29) is 0 Å². The van der Waals surface area contributed by atoms with E-state index in [0.29, 0.717) is 5.92 Å². The molecule has 82 valence electrons. The van der Waals surface area contributed by atoms with Gasteiger partial charge in [0.1, 0.15) is 0 Å². The van der Waals surface area contributed by atoms with Crippen LogP contribution >= 0.6 is 0 Å². The number of nitrogens with zero attached hydrogens (tertiary/aromatic N) is 1. The van der Waals surface area contributed by atoms with E-state index in [1.54, 1.807) is 0 Å². The Balaban J connectivity index is 2.29. The maximum Gasteiger partial charge on any atom is 0.0393 e. The first-order valence-electron chi connectivity index (χ1n) is 5.67. The van der Waals surface area contributed by atoms with Crippen LogP contribution in [0.1, 0.15) is 23.5 Å². The largest absolute Gasteiger partial charge is 0.377 e. The molecule has 1 fully saturated rings. The van der Waals surface area contributed by atoms with Crippen LogP contribution in [0.4, 0.5) is 5.69 Å². The Morgan fingerprint density at radius 1 is 1.33 bits per heavy atom. The Hall–Kier alpha value is -1.02. The number of nitrogens with one attached hydrogen (secondary N) is 1. The molecule has 1 heterocycles. The zero-order chi connectivity index (χ0) is 10.8. The zero-order valence-corrected chi connectivity index (χ0v) is 9.88. The molecular formula is C13H20N2. The van der Waals surface area contributed by atoms with Gasteiger partial charge in [0.15, 0.2) is 0 Å². The van der Waals surface area contributed by atoms with Crippen LogP contribution in [0, 0.1) is 6.92 Å². The fourth-order valence-electron chi connectivity index (χ4n) is 2.30. The third-order valence-electron chi connectivity index (χ3n) is 3.25. The molecule has 0 radical (unpaired) electrons. The summed E-state index contributed by atoms with van der Waals surface area (Å²) in [6.45, 7) is 4.47. The first-order valence-corrected chi connectivity index (χ1v) is 5.67. The lowest BCUT2D eigenvalue weighted by molar-refractivity contribution is 0.762. The summed E-state index contributed by atoms with van der Waals surface area (Å²) in [5.41, 5.74) is 4.18. The molecule has 0 amide bonds. The van der Waals surface area contributed by atoms with Crippen molar-refractivity contribution >= 4 is 5.69 Å².